The second kappa shape index (κ2) is 22.2. The minimum Gasteiger partial charge on any atom is -0.372 e. The number of hydrogen-bond acceptors (Lipinski definition) is 4. The van der Waals surface area contributed by atoms with Gasteiger partial charge in [-0.3, -0.25) is 4.99 Å². The van der Waals surface area contributed by atoms with Gasteiger partial charge in [-0.2, -0.15) is 5.26 Å². The van der Waals surface area contributed by atoms with Gasteiger partial charge in [0, 0.05) is 48.9 Å². The molecule has 4 nitrogen and oxygen atoms in total. The Kier molecular flexibility index (Phi) is 20.7. The molecule has 4 heteroatoms. The molecular weight excluding hydrogens is 476 g/mol. The number of nitrogens with one attached hydrogen (secondary N) is 1. The van der Waals surface area contributed by atoms with Gasteiger partial charge in [-0.25, -0.2) is 0 Å². The molecule has 1 unspecified atom stereocenters. The lowest BCUT2D eigenvalue weighted by molar-refractivity contribution is 0.255. The zero-order valence-electron chi connectivity index (χ0n) is 26.9. The van der Waals surface area contributed by atoms with Crippen molar-refractivity contribution in [3.05, 3.63) is 70.6 Å². The number of nitriles is 1. The Bertz CT molecular complexity index is 946. The van der Waals surface area contributed by atoms with Gasteiger partial charge in [0.05, 0.1) is 11.6 Å². The Morgan fingerprint density at radius 3 is 2.26 bits per heavy atom. The molecule has 218 valence electrons. The summed E-state index contributed by atoms with van der Waals surface area (Å²) in [6, 6.07) is 2.73. The SMILES string of the molecule is CC.CC/C=C/C=C(C#N)\C=C(/C)CCC.C\C=C(C(/C(C)=N/C=C/CC)=C(/C)N1CCNC(C)C1)\C1CC1. The van der Waals surface area contributed by atoms with Crippen LogP contribution in [0.1, 0.15) is 108 Å². The maximum atomic E-state index is 8.85. The van der Waals surface area contributed by atoms with E-state index in [4.69, 9.17) is 10.3 Å². The van der Waals surface area contributed by atoms with Gasteiger partial charge in [0.25, 0.3) is 0 Å². The number of aliphatic imine (C=N–C) groups is 1. The molecule has 1 aliphatic heterocycles. The molecule has 1 aliphatic carbocycles. The van der Waals surface area contributed by atoms with Crippen LogP contribution in [0.2, 0.25) is 0 Å². The molecule has 2 aliphatic rings. The molecular formula is C35H58N4. The first-order valence-electron chi connectivity index (χ1n) is 15.3. The fraction of sp³-hybridized carbons (Fsp3) is 0.600. The van der Waals surface area contributed by atoms with Crippen molar-refractivity contribution in [1.29, 1.82) is 5.26 Å². The highest BCUT2D eigenvalue weighted by atomic mass is 15.2. The van der Waals surface area contributed by atoms with Crippen LogP contribution in [0.4, 0.5) is 0 Å². The molecule has 2 rings (SSSR count). The van der Waals surface area contributed by atoms with Gasteiger partial charge in [-0.05, 0) is 90.4 Å². The van der Waals surface area contributed by atoms with E-state index >= 15 is 0 Å². The average Bonchev–Trinajstić information content (AvgIpc) is 3.78. The van der Waals surface area contributed by atoms with Crippen molar-refractivity contribution < 1.29 is 0 Å². The van der Waals surface area contributed by atoms with Crippen LogP contribution >= 0.6 is 0 Å². The maximum Gasteiger partial charge on any atom is 0.0991 e. The first-order valence-corrected chi connectivity index (χ1v) is 15.3. The summed E-state index contributed by atoms with van der Waals surface area (Å²) in [5.74, 6) is 0.741. The number of nitrogens with zero attached hydrogens (tertiary/aromatic N) is 3. The summed E-state index contributed by atoms with van der Waals surface area (Å²) in [6.07, 6.45) is 21.1. The topological polar surface area (TPSA) is 51.4 Å². The third kappa shape index (κ3) is 14.9. The van der Waals surface area contributed by atoms with Gasteiger partial charge in [0.1, 0.15) is 0 Å². The highest BCUT2D eigenvalue weighted by molar-refractivity contribution is 6.03. The van der Waals surface area contributed by atoms with Crippen molar-refractivity contribution in [3.63, 3.8) is 0 Å². The van der Waals surface area contributed by atoms with E-state index in [0.717, 1.165) is 62.5 Å². The van der Waals surface area contributed by atoms with Gasteiger partial charge < -0.3 is 10.2 Å². The second-order valence-corrected chi connectivity index (χ2v) is 10.1. The van der Waals surface area contributed by atoms with Crippen LogP contribution in [0.3, 0.4) is 0 Å². The van der Waals surface area contributed by atoms with E-state index in [9.17, 15) is 0 Å². The highest BCUT2D eigenvalue weighted by Crippen LogP contribution is 2.41. The average molecular weight is 535 g/mol. The van der Waals surface area contributed by atoms with Crippen molar-refractivity contribution in [2.45, 2.75) is 114 Å². The molecule has 1 atom stereocenters. The van der Waals surface area contributed by atoms with Crippen molar-refractivity contribution in [3.8, 4) is 6.07 Å². The Labute approximate surface area is 242 Å². The van der Waals surface area contributed by atoms with E-state index in [2.05, 4.69) is 83.8 Å². The van der Waals surface area contributed by atoms with E-state index in [1.165, 1.54) is 35.3 Å². The Balaban J connectivity index is 0.000000778. The molecule has 0 amide bonds. The molecule has 0 spiro atoms. The third-order valence-corrected chi connectivity index (χ3v) is 6.62. The molecule has 0 aromatic heterocycles. The summed E-state index contributed by atoms with van der Waals surface area (Å²) in [7, 11) is 0. The quantitative estimate of drug-likeness (QED) is 0.163. The molecule has 1 heterocycles. The number of allylic oxidation sites excluding steroid dienone is 11. The predicted molar refractivity (Wildman–Crippen MR) is 174 cm³/mol. The van der Waals surface area contributed by atoms with Crippen molar-refractivity contribution >= 4 is 5.71 Å². The summed E-state index contributed by atoms with van der Waals surface area (Å²) >= 11 is 0. The highest BCUT2D eigenvalue weighted by Gasteiger charge is 2.30. The molecule has 2 fully saturated rings. The fourth-order valence-electron chi connectivity index (χ4n) is 4.55. The van der Waals surface area contributed by atoms with Crippen LogP contribution in [0, 0.1) is 17.2 Å². The van der Waals surface area contributed by atoms with Gasteiger partial charge >= 0.3 is 0 Å². The van der Waals surface area contributed by atoms with E-state index in [-0.39, 0.29) is 0 Å². The van der Waals surface area contributed by atoms with Crippen LogP contribution in [-0.4, -0.2) is 36.3 Å². The van der Waals surface area contributed by atoms with Crippen LogP contribution in [0.15, 0.2) is 75.6 Å². The molecule has 0 aromatic carbocycles. The van der Waals surface area contributed by atoms with Gasteiger partial charge in [0.15, 0.2) is 0 Å². The number of rotatable bonds is 11. The summed E-state index contributed by atoms with van der Waals surface area (Å²) in [6.45, 7) is 24.5. The summed E-state index contributed by atoms with van der Waals surface area (Å²) in [5, 5.41) is 12.4. The lowest BCUT2D eigenvalue weighted by Gasteiger charge is -2.36. The number of hydrogen-bond donors (Lipinski definition) is 1. The number of piperazine rings is 1. The molecule has 1 N–H and O–H groups in total. The lowest BCUT2D eigenvalue weighted by Crippen LogP contribution is -2.48. The maximum absolute atomic E-state index is 8.85. The Morgan fingerprint density at radius 2 is 1.74 bits per heavy atom. The lowest BCUT2D eigenvalue weighted by atomic mass is 9.94. The third-order valence-electron chi connectivity index (χ3n) is 6.62. The normalized spacial score (nSPS) is 19.7. The zero-order valence-corrected chi connectivity index (χ0v) is 26.9. The first-order chi connectivity index (χ1) is 18.8. The zero-order chi connectivity index (χ0) is 29.6. The van der Waals surface area contributed by atoms with Crippen LogP contribution in [0.5, 0.6) is 0 Å². The monoisotopic (exact) mass is 534 g/mol. The fourth-order valence-corrected chi connectivity index (χ4v) is 4.55. The first kappa shape index (κ1) is 36.4. The molecule has 1 saturated heterocycles. The van der Waals surface area contributed by atoms with Gasteiger partial charge in [0.2, 0.25) is 0 Å². The van der Waals surface area contributed by atoms with Crippen LogP contribution < -0.4 is 5.32 Å². The van der Waals surface area contributed by atoms with E-state index in [1.807, 2.05) is 44.4 Å². The minimum absolute atomic E-state index is 0.548. The van der Waals surface area contributed by atoms with Crippen molar-refractivity contribution in [2.24, 2.45) is 10.9 Å². The summed E-state index contributed by atoms with van der Waals surface area (Å²) < 4.78 is 0. The Hall–Kier alpha value is -2.64. The Morgan fingerprint density at radius 1 is 1.08 bits per heavy atom. The largest absolute Gasteiger partial charge is 0.372 e. The predicted octanol–water partition coefficient (Wildman–Crippen LogP) is 9.47. The smallest absolute Gasteiger partial charge is 0.0991 e. The van der Waals surface area contributed by atoms with Gasteiger partial charge in [-0.1, -0.05) is 70.9 Å². The molecule has 0 aromatic rings. The van der Waals surface area contributed by atoms with E-state index < -0.39 is 0 Å². The van der Waals surface area contributed by atoms with Crippen molar-refractivity contribution in [2.75, 3.05) is 19.6 Å². The van der Waals surface area contributed by atoms with Gasteiger partial charge in [-0.15, -0.1) is 0 Å². The van der Waals surface area contributed by atoms with E-state index in [1.54, 1.807) is 0 Å². The second-order valence-electron chi connectivity index (χ2n) is 10.1. The van der Waals surface area contributed by atoms with Crippen LogP contribution in [-0.2, 0) is 0 Å². The molecule has 1 saturated carbocycles. The molecule has 39 heavy (non-hydrogen) atoms. The standard InChI is InChI=1S/C20H33N3.C13H19N.C2H6/c1-6-8-11-22-16(4)20(19(7-2)18-9-10-18)17(5)23-13-12-21-15(3)14-23;1-4-6-7-9-13(11-14)10-12(3)8-5-2;1-2/h7-8,11,15,18,21H,6,9-10,12-14H2,1-5H3;6-7,9-10H,4-5,8H2,1-3H3;1-2H3/b11-8+,19-7-,20-17-,22-16+;7-6+,12-10+,13-9+;. The molecule has 0 bridgehead atoms. The van der Waals surface area contributed by atoms with E-state index in [0.29, 0.717) is 6.04 Å². The summed E-state index contributed by atoms with van der Waals surface area (Å²) in [4.78, 5) is 7.26. The summed E-state index contributed by atoms with van der Waals surface area (Å²) in [5.41, 5.74) is 7.43. The van der Waals surface area contributed by atoms with Crippen molar-refractivity contribution in [1.82, 2.24) is 10.2 Å². The minimum atomic E-state index is 0.548. The van der Waals surface area contributed by atoms with Crippen LogP contribution in [0.25, 0.3) is 0 Å². The molecule has 0 radical (unpaired) electrons.